The fourth-order valence-corrected chi connectivity index (χ4v) is 8.13. The fraction of sp³-hybridized carbons (Fsp3) is 0.763. The first-order valence-corrected chi connectivity index (χ1v) is 27.7. The average Bonchev–Trinajstić information content (AvgIpc) is 3.30. The first-order chi connectivity index (χ1) is 32.0. The predicted octanol–water partition coefficient (Wildman–Crippen LogP) is 17.0. The molecule has 3 N–H and O–H groups in total. The summed E-state index contributed by atoms with van der Waals surface area (Å²) in [5.41, 5.74) is 0. The Hall–Kier alpha value is -2.70. The number of unbranched alkanes of at least 4 members (excludes halogenated alkanes) is 27. The van der Waals surface area contributed by atoms with E-state index in [1.54, 1.807) is 0 Å². The van der Waals surface area contributed by atoms with E-state index in [4.69, 9.17) is 4.74 Å². The van der Waals surface area contributed by atoms with Crippen molar-refractivity contribution >= 4 is 11.9 Å². The molecule has 6 heteroatoms. The molecule has 376 valence electrons. The van der Waals surface area contributed by atoms with E-state index in [0.717, 1.165) is 70.6 Å². The molecule has 0 fully saturated rings. The van der Waals surface area contributed by atoms with Crippen molar-refractivity contribution in [2.24, 2.45) is 0 Å². The normalized spacial score (nSPS) is 13.7. The summed E-state index contributed by atoms with van der Waals surface area (Å²) in [5, 5.41) is 23.8. The smallest absolute Gasteiger partial charge is 0.306 e. The molecule has 0 aliphatic carbocycles. The van der Waals surface area contributed by atoms with Crippen LogP contribution in [0.1, 0.15) is 265 Å². The topological polar surface area (TPSA) is 95.9 Å². The van der Waals surface area contributed by atoms with Crippen molar-refractivity contribution < 1.29 is 24.5 Å². The van der Waals surface area contributed by atoms with E-state index < -0.39 is 18.2 Å². The third-order valence-corrected chi connectivity index (χ3v) is 12.3. The van der Waals surface area contributed by atoms with Gasteiger partial charge >= 0.3 is 5.97 Å². The van der Waals surface area contributed by atoms with E-state index in [2.05, 4.69) is 86.8 Å². The fourth-order valence-electron chi connectivity index (χ4n) is 8.13. The van der Waals surface area contributed by atoms with Crippen LogP contribution in [0.2, 0.25) is 0 Å². The van der Waals surface area contributed by atoms with Crippen molar-refractivity contribution in [2.45, 2.75) is 283 Å². The van der Waals surface area contributed by atoms with Crippen molar-refractivity contribution in [1.29, 1.82) is 0 Å². The van der Waals surface area contributed by atoms with Crippen molar-refractivity contribution in [3.63, 3.8) is 0 Å². The molecule has 3 atom stereocenters. The maximum absolute atomic E-state index is 13.2. The number of amides is 1. The van der Waals surface area contributed by atoms with Crippen LogP contribution in [0.15, 0.2) is 72.9 Å². The minimum atomic E-state index is -0.821. The Morgan fingerprint density at radius 3 is 1.17 bits per heavy atom. The largest absolute Gasteiger partial charge is 0.458 e. The summed E-state index contributed by atoms with van der Waals surface area (Å²) in [6.45, 7) is 6.35. The number of ether oxygens (including phenoxy) is 1. The van der Waals surface area contributed by atoms with E-state index >= 15 is 0 Å². The second-order valence-electron chi connectivity index (χ2n) is 18.6. The maximum Gasteiger partial charge on any atom is 0.306 e. The Labute approximate surface area is 402 Å². The molecule has 0 radical (unpaired) electrons. The Balaban J connectivity index is 4.71. The Bertz CT molecular complexity index is 1200. The van der Waals surface area contributed by atoms with Gasteiger partial charge in [-0.1, -0.05) is 267 Å². The third kappa shape index (κ3) is 47.6. The lowest BCUT2D eigenvalue weighted by Gasteiger charge is -2.23. The summed E-state index contributed by atoms with van der Waals surface area (Å²) in [6.07, 6.45) is 67.1. The van der Waals surface area contributed by atoms with Crippen LogP contribution < -0.4 is 5.32 Å². The highest BCUT2D eigenvalue weighted by atomic mass is 16.5. The molecule has 0 rings (SSSR count). The number of carbonyl (C=O) groups is 2. The van der Waals surface area contributed by atoms with Gasteiger partial charge in [0.25, 0.3) is 0 Å². The van der Waals surface area contributed by atoms with Gasteiger partial charge in [-0.2, -0.15) is 0 Å². The molecule has 3 unspecified atom stereocenters. The third-order valence-electron chi connectivity index (χ3n) is 12.3. The van der Waals surface area contributed by atoms with Crippen LogP contribution in [-0.4, -0.2) is 46.9 Å². The first-order valence-electron chi connectivity index (χ1n) is 27.7. The molecule has 6 nitrogen and oxygen atoms in total. The minimum Gasteiger partial charge on any atom is -0.458 e. The molecule has 0 aliphatic rings. The Morgan fingerprint density at radius 2 is 0.800 bits per heavy atom. The van der Waals surface area contributed by atoms with Gasteiger partial charge in [0, 0.05) is 6.42 Å². The average molecular weight is 908 g/mol. The molecule has 0 saturated heterocycles. The highest BCUT2D eigenvalue weighted by Gasteiger charge is 2.23. The molecule has 0 aromatic rings. The lowest BCUT2D eigenvalue weighted by molar-refractivity contribution is -0.148. The van der Waals surface area contributed by atoms with E-state index in [9.17, 15) is 19.8 Å². The molecule has 0 spiro atoms. The number of allylic oxidation sites excluding steroid dienone is 11. The van der Waals surface area contributed by atoms with Crippen molar-refractivity contribution in [3.05, 3.63) is 72.9 Å². The molecule has 0 aromatic carbocycles. The standard InChI is InChI=1S/C59H105NO5/c1-4-7-10-13-16-19-22-25-27-29-30-33-35-38-41-44-47-50-55(65-59(64)52-49-46-43-40-37-32-24-21-18-15-12-9-6-3)53-58(63)60-56(54-61)57(62)51-48-45-42-39-36-34-31-28-26-23-20-17-14-11-8-5-2/h7,10,16,19,25,27,30,33,38,41,47,50,55-57,61-62H,4-6,8-9,11-15,17-18,20-24,26,28-29,31-32,34-37,39-40,42-46,48-49,51-54H2,1-3H3,(H,60,63)/b10-7-,19-16-,27-25-,33-30-,41-38-,50-47-. The molecule has 0 heterocycles. The Morgan fingerprint density at radius 1 is 0.462 bits per heavy atom. The van der Waals surface area contributed by atoms with E-state index in [0.29, 0.717) is 19.3 Å². The molecule has 65 heavy (non-hydrogen) atoms. The first kappa shape index (κ1) is 62.3. The highest BCUT2D eigenvalue weighted by Crippen LogP contribution is 2.17. The van der Waals surface area contributed by atoms with Gasteiger partial charge in [-0.05, 0) is 57.4 Å². The summed E-state index contributed by atoms with van der Waals surface area (Å²) in [6, 6.07) is -0.744. The maximum atomic E-state index is 13.2. The van der Waals surface area contributed by atoms with Crippen molar-refractivity contribution in [2.75, 3.05) is 6.61 Å². The minimum absolute atomic E-state index is 0.0468. The van der Waals surface area contributed by atoms with Crippen LogP contribution in [0.3, 0.4) is 0 Å². The van der Waals surface area contributed by atoms with Gasteiger partial charge < -0.3 is 20.3 Å². The Kier molecular flexibility index (Phi) is 50.1. The zero-order valence-corrected chi connectivity index (χ0v) is 42.9. The second kappa shape index (κ2) is 52.3. The number of esters is 1. The molecule has 0 saturated carbocycles. The summed E-state index contributed by atoms with van der Waals surface area (Å²) in [5.74, 6) is -0.624. The lowest BCUT2D eigenvalue weighted by Crippen LogP contribution is -2.46. The SMILES string of the molecule is CC/C=C\C/C=C\C/C=C\C/C=C\C/C=C\C/C=C\C(CC(=O)NC(CO)C(O)CCCCCCCCCCCCCCCCCC)OC(=O)CCCCCCCCCCCCCCC. The molecule has 0 aromatic heterocycles. The molecule has 1 amide bonds. The van der Waals surface area contributed by atoms with Crippen molar-refractivity contribution in [1.82, 2.24) is 5.32 Å². The van der Waals surface area contributed by atoms with Gasteiger partial charge in [0.05, 0.1) is 25.2 Å². The van der Waals surface area contributed by atoms with Gasteiger partial charge in [-0.25, -0.2) is 0 Å². The van der Waals surface area contributed by atoms with Gasteiger partial charge in [-0.3, -0.25) is 9.59 Å². The summed E-state index contributed by atoms with van der Waals surface area (Å²) in [7, 11) is 0. The van der Waals surface area contributed by atoms with Crippen molar-refractivity contribution in [3.8, 4) is 0 Å². The van der Waals surface area contributed by atoms with E-state index in [1.807, 2.05) is 12.2 Å². The van der Waals surface area contributed by atoms with Crippen LogP contribution in [0.5, 0.6) is 0 Å². The number of rotatable bonds is 49. The van der Waals surface area contributed by atoms with Gasteiger partial charge in [0.15, 0.2) is 0 Å². The van der Waals surface area contributed by atoms with Gasteiger partial charge in [0.1, 0.15) is 6.10 Å². The lowest BCUT2D eigenvalue weighted by atomic mass is 10.0. The van der Waals surface area contributed by atoms with Crippen LogP contribution in [0.25, 0.3) is 0 Å². The van der Waals surface area contributed by atoms with Crippen LogP contribution in [-0.2, 0) is 14.3 Å². The summed E-state index contributed by atoms with van der Waals surface area (Å²) >= 11 is 0. The zero-order chi connectivity index (χ0) is 47.4. The summed E-state index contributed by atoms with van der Waals surface area (Å²) < 4.78 is 5.84. The van der Waals surface area contributed by atoms with E-state index in [-0.39, 0.29) is 24.9 Å². The molecular formula is C59H105NO5. The highest BCUT2D eigenvalue weighted by molar-refractivity contribution is 5.78. The predicted molar refractivity (Wildman–Crippen MR) is 282 cm³/mol. The van der Waals surface area contributed by atoms with E-state index in [1.165, 1.54) is 148 Å². The molecule has 0 aliphatic heterocycles. The number of nitrogens with one attached hydrogen (secondary N) is 1. The van der Waals surface area contributed by atoms with Gasteiger partial charge in [0.2, 0.25) is 5.91 Å². The van der Waals surface area contributed by atoms with Crippen LogP contribution >= 0.6 is 0 Å². The quantitative estimate of drug-likeness (QED) is 0.0321. The van der Waals surface area contributed by atoms with Crippen LogP contribution in [0, 0.1) is 0 Å². The number of hydrogen-bond donors (Lipinski definition) is 3. The van der Waals surface area contributed by atoms with Gasteiger partial charge in [-0.15, -0.1) is 0 Å². The number of hydrogen-bond acceptors (Lipinski definition) is 5. The summed E-state index contributed by atoms with van der Waals surface area (Å²) in [4.78, 5) is 26.1. The number of aliphatic hydroxyl groups is 2. The van der Waals surface area contributed by atoms with Crippen LogP contribution in [0.4, 0.5) is 0 Å². The molecular weight excluding hydrogens is 803 g/mol. The monoisotopic (exact) mass is 908 g/mol. The number of aliphatic hydroxyl groups excluding tert-OH is 2. The zero-order valence-electron chi connectivity index (χ0n) is 42.9. The number of carbonyl (C=O) groups excluding carboxylic acids is 2. The molecule has 0 bridgehead atoms. The second-order valence-corrected chi connectivity index (χ2v) is 18.6.